The molecule has 2 atom stereocenters. The Morgan fingerprint density at radius 2 is 2.04 bits per heavy atom. The van der Waals surface area contributed by atoms with Crippen molar-refractivity contribution in [1.82, 2.24) is 14.8 Å². The van der Waals surface area contributed by atoms with Gasteiger partial charge < -0.3 is 9.80 Å². The third-order valence-electron chi connectivity index (χ3n) is 5.29. The Labute approximate surface area is 154 Å². The number of likely N-dealkylation sites (tertiary alicyclic amines) is 1. The molecule has 1 aliphatic rings. The number of aryl methyl sites for hydroxylation is 1. The molecule has 0 bridgehead atoms. The first-order valence-corrected chi connectivity index (χ1v) is 9.19. The van der Waals surface area contributed by atoms with Gasteiger partial charge in [0.05, 0.1) is 16.1 Å². The molecule has 5 heteroatoms. The summed E-state index contributed by atoms with van der Waals surface area (Å²) >= 11 is 6.30. The van der Waals surface area contributed by atoms with Crippen molar-refractivity contribution in [1.29, 1.82) is 0 Å². The van der Waals surface area contributed by atoms with E-state index in [1.807, 2.05) is 36.1 Å². The Bertz CT molecular complexity index is 787. The number of halogens is 1. The highest BCUT2D eigenvalue weighted by Gasteiger charge is 2.38. The predicted octanol–water partition coefficient (Wildman–Crippen LogP) is 3.85. The molecular formula is C20H26ClN3O. The summed E-state index contributed by atoms with van der Waals surface area (Å²) in [7, 11) is 4.19. The number of fused-ring (bicyclic) bond motifs is 1. The van der Waals surface area contributed by atoms with Crippen LogP contribution in [-0.2, 0) is 0 Å². The number of hydrogen-bond donors (Lipinski definition) is 0. The molecule has 0 radical (unpaired) electrons. The molecule has 25 heavy (non-hydrogen) atoms. The molecular weight excluding hydrogens is 334 g/mol. The number of carbonyl (C=O) groups excluding carboxylic acids is 1. The van der Waals surface area contributed by atoms with Gasteiger partial charge in [-0.2, -0.15) is 0 Å². The highest BCUT2D eigenvalue weighted by molar-refractivity contribution is 6.35. The van der Waals surface area contributed by atoms with Crippen LogP contribution < -0.4 is 0 Å². The summed E-state index contributed by atoms with van der Waals surface area (Å²) in [5.41, 5.74) is 2.22. The van der Waals surface area contributed by atoms with Gasteiger partial charge in [0.1, 0.15) is 0 Å². The first-order valence-electron chi connectivity index (χ1n) is 8.81. The molecule has 0 N–H and O–H groups in total. The van der Waals surface area contributed by atoms with Gasteiger partial charge in [0, 0.05) is 30.2 Å². The number of benzene rings is 1. The average Bonchev–Trinajstić information content (AvgIpc) is 3.00. The molecule has 1 fully saturated rings. The van der Waals surface area contributed by atoms with Crippen LogP contribution in [0.2, 0.25) is 5.02 Å². The lowest BCUT2D eigenvalue weighted by Gasteiger charge is -2.27. The smallest absolute Gasteiger partial charge is 0.254 e. The minimum Gasteiger partial charge on any atom is -0.337 e. The summed E-state index contributed by atoms with van der Waals surface area (Å²) in [6.07, 6.45) is 0. The largest absolute Gasteiger partial charge is 0.337 e. The highest BCUT2D eigenvalue weighted by atomic mass is 35.5. The minimum atomic E-state index is 0.0766. The van der Waals surface area contributed by atoms with Crippen LogP contribution in [0.1, 0.15) is 29.9 Å². The second-order valence-electron chi connectivity index (χ2n) is 7.60. The topological polar surface area (TPSA) is 36.4 Å². The Morgan fingerprint density at radius 1 is 1.32 bits per heavy atom. The van der Waals surface area contributed by atoms with Crippen LogP contribution in [0.4, 0.5) is 0 Å². The van der Waals surface area contributed by atoms with E-state index in [1.165, 1.54) is 0 Å². The van der Waals surface area contributed by atoms with Gasteiger partial charge in [-0.1, -0.05) is 37.6 Å². The van der Waals surface area contributed by atoms with Crippen molar-refractivity contribution in [3.05, 3.63) is 40.5 Å². The molecule has 2 aromatic rings. The predicted molar refractivity (Wildman–Crippen MR) is 103 cm³/mol. The van der Waals surface area contributed by atoms with Gasteiger partial charge in [-0.25, -0.2) is 0 Å². The lowest BCUT2D eigenvalue weighted by atomic mass is 9.91. The van der Waals surface area contributed by atoms with Gasteiger partial charge in [0.2, 0.25) is 0 Å². The molecule has 3 rings (SSSR count). The first-order chi connectivity index (χ1) is 11.8. The molecule has 1 aromatic heterocycles. The SMILES string of the molecule is Cc1cc(C(=O)N2C[C@@H](N(C)C)[C@H](C(C)C)C2)c2cccc(Cl)c2n1. The summed E-state index contributed by atoms with van der Waals surface area (Å²) in [4.78, 5) is 22.0. The number of nitrogens with zero attached hydrogens (tertiary/aromatic N) is 3. The minimum absolute atomic E-state index is 0.0766. The molecule has 1 aromatic carbocycles. The van der Waals surface area contributed by atoms with Crippen LogP contribution in [0.15, 0.2) is 24.3 Å². The average molecular weight is 360 g/mol. The first kappa shape index (κ1) is 18.2. The number of amides is 1. The lowest BCUT2D eigenvalue weighted by Crippen LogP contribution is -2.37. The number of carbonyl (C=O) groups is 1. The maximum absolute atomic E-state index is 13.3. The van der Waals surface area contributed by atoms with E-state index in [9.17, 15) is 4.79 Å². The van der Waals surface area contributed by atoms with Crippen LogP contribution in [0.3, 0.4) is 0 Å². The fourth-order valence-corrected chi connectivity index (χ4v) is 4.08. The summed E-state index contributed by atoms with van der Waals surface area (Å²) in [6, 6.07) is 7.90. The number of rotatable bonds is 3. The zero-order chi connectivity index (χ0) is 18.3. The van der Waals surface area contributed by atoms with Crippen LogP contribution in [0.25, 0.3) is 10.9 Å². The monoisotopic (exact) mass is 359 g/mol. The third-order valence-corrected chi connectivity index (χ3v) is 5.59. The summed E-state index contributed by atoms with van der Waals surface area (Å²) < 4.78 is 0. The fourth-order valence-electron chi connectivity index (χ4n) is 3.87. The molecule has 1 saturated heterocycles. The lowest BCUT2D eigenvalue weighted by molar-refractivity contribution is 0.0781. The van der Waals surface area contributed by atoms with Crippen LogP contribution in [0, 0.1) is 18.8 Å². The molecule has 0 unspecified atom stereocenters. The Balaban J connectivity index is 1.99. The molecule has 2 heterocycles. The van der Waals surface area contributed by atoms with Crippen LogP contribution in [0.5, 0.6) is 0 Å². The van der Waals surface area contributed by atoms with E-state index in [2.05, 4.69) is 37.8 Å². The molecule has 0 spiro atoms. The van der Waals surface area contributed by atoms with Crippen molar-refractivity contribution >= 4 is 28.4 Å². The van der Waals surface area contributed by atoms with Gasteiger partial charge in [-0.3, -0.25) is 9.78 Å². The molecule has 0 saturated carbocycles. The van der Waals surface area contributed by atoms with Crippen LogP contribution >= 0.6 is 11.6 Å². The van der Waals surface area contributed by atoms with Crippen molar-refractivity contribution in [3.8, 4) is 0 Å². The zero-order valence-corrected chi connectivity index (χ0v) is 16.3. The number of hydrogen-bond acceptors (Lipinski definition) is 3. The molecule has 134 valence electrons. The third kappa shape index (κ3) is 3.38. The Hall–Kier alpha value is -1.65. The van der Waals surface area contributed by atoms with Gasteiger partial charge in [-0.15, -0.1) is 0 Å². The van der Waals surface area contributed by atoms with Gasteiger partial charge in [0.25, 0.3) is 5.91 Å². The molecule has 4 nitrogen and oxygen atoms in total. The Kier molecular flexibility index (Phi) is 5.03. The summed E-state index contributed by atoms with van der Waals surface area (Å²) in [5, 5.41) is 1.42. The van der Waals surface area contributed by atoms with Crippen molar-refractivity contribution in [3.63, 3.8) is 0 Å². The second kappa shape index (κ2) is 6.93. The quantitative estimate of drug-likeness (QED) is 0.835. The molecule has 1 aliphatic heterocycles. The maximum Gasteiger partial charge on any atom is 0.254 e. The highest BCUT2D eigenvalue weighted by Crippen LogP contribution is 2.31. The maximum atomic E-state index is 13.3. The molecule has 1 amide bonds. The normalized spacial score (nSPS) is 20.9. The van der Waals surface area contributed by atoms with E-state index in [1.54, 1.807) is 0 Å². The molecule has 0 aliphatic carbocycles. The van der Waals surface area contributed by atoms with E-state index in [0.717, 1.165) is 24.2 Å². The Morgan fingerprint density at radius 3 is 2.64 bits per heavy atom. The number of aromatic nitrogens is 1. The van der Waals surface area contributed by atoms with Crippen molar-refractivity contribution in [2.75, 3.05) is 27.2 Å². The summed E-state index contributed by atoms with van der Waals surface area (Å²) in [6.45, 7) is 7.94. The van der Waals surface area contributed by atoms with Crippen molar-refractivity contribution in [2.45, 2.75) is 26.8 Å². The summed E-state index contributed by atoms with van der Waals surface area (Å²) in [5.74, 6) is 1.10. The fraction of sp³-hybridized carbons (Fsp3) is 0.500. The second-order valence-corrected chi connectivity index (χ2v) is 8.00. The standard InChI is InChI=1S/C20H26ClN3O/c1-12(2)16-10-24(11-18(16)23(4)5)20(25)15-9-13(3)22-19-14(15)7-6-8-17(19)21/h6-9,12,16,18H,10-11H2,1-5H3/t16-,18+/m0/s1. The van der Waals surface area contributed by atoms with E-state index in [4.69, 9.17) is 11.6 Å². The van der Waals surface area contributed by atoms with Crippen molar-refractivity contribution < 1.29 is 4.79 Å². The number of para-hydroxylation sites is 1. The van der Waals surface area contributed by atoms with Crippen molar-refractivity contribution in [2.24, 2.45) is 11.8 Å². The van der Waals surface area contributed by atoms with Gasteiger partial charge in [0.15, 0.2) is 0 Å². The zero-order valence-electron chi connectivity index (χ0n) is 15.6. The van der Waals surface area contributed by atoms with E-state index >= 15 is 0 Å². The number of pyridine rings is 1. The van der Waals surface area contributed by atoms with Crippen LogP contribution in [-0.4, -0.2) is 53.9 Å². The van der Waals surface area contributed by atoms with E-state index in [-0.39, 0.29) is 5.91 Å². The van der Waals surface area contributed by atoms with E-state index in [0.29, 0.717) is 34.0 Å². The van der Waals surface area contributed by atoms with E-state index < -0.39 is 0 Å². The number of likely N-dealkylation sites (N-methyl/N-ethyl adjacent to an activating group) is 1. The van der Waals surface area contributed by atoms with Gasteiger partial charge in [-0.05, 0) is 45.0 Å². The van der Waals surface area contributed by atoms with Gasteiger partial charge >= 0.3 is 0 Å².